The van der Waals surface area contributed by atoms with Crippen molar-refractivity contribution in [2.75, 3.05) is 14.2 Å². The number of ether oxygens (including phenoxy) is 2. The first-order valence-electron chi connectivity index (χ1n) is 10.4. The Labute approximate surface area is 188 Å². The predicted octanol–water partition coefficient (Wildman–Crippen LogP) is 5.04. The molecule has 31 heavy (non-hydrogen) atoms. The summed E-state index contributed by atoms with van der Waals surface area (Å²) in [5, 5.41) is 9.23. The highest BCUT2D eigenvalue weighted by Gasteiger charge is 2.37. The number of amidine groups is 1. The first-order chi connectivity index (χ1) is 15.1. The van der Waals surface area contributed by atoms with Crippen LogP contribution in [0.15, 0.2) is 52.7 Å². The van der Waals surface area contributed by atoms with Crippen molar-refractivity contribution in [3.8, 4) is 11.5 Å². The average molecular weight is 440 g/mol. The number of amides is 1. The number of unbranched alkanes of at least 4 members (excludes halogenated alkanes) is 1. The fourth-order valence-electron chi connectivity index (χ4n) is 3.33. The van der Waals surface area contributed by atoms with Crippen molar-refractivity contribution in [2.45, 2.75) is 44.9 Å². The van der Waals surface area contributed by atoms with E-state index in [2.05, 4.69) is 36.2 Å². The number of carbonyl (C=O) groups is 1. The largest absolute Gasteiger partial charge is 0.497 e. The van der Waals surface area contributed by atoms with Crippen molar-refractivity contribution < 1.29 is 14.3 Å². The summed E-state index contributed by atoms with van der Waals surface area (Å²) in [4.78, 5) is 14.8. The molecule has 1 fully saturated rings. The molecule has 1 amide bonds. The second-order valence-electron chi connectivity index (χ2n) is 7.33. The standard InChI is InChI=1S/C24H29N3O3S/c1-5-6-11-22-23(28)27(16-19-10-8-7-9-17(19)2)24(31-22)26-25-15-18-12-13-20(29-3)14-21(18)30-4/h7-10,12-15,22H,5-6,11,16H2,1-4H3/b25-15-,26-24+/t22-/m1/s1. The van der Waals surface area contributed by atoms with Crippen LogP contribution in [0.5, 0.6) is 11.5 Å². The number of hydrogen-bond donors (Lipinski definition) is 0. The number of thioether (sulfide) groups is 1. The third-order valence-electron chi connectivity index (χ3n) is 5.21. The lowest BCUT2D eigenvalue weighted by Gasteiger charge is -2.17. The molecule has 1 aliphatic rings. The second-order valence-corrected chi connectivity index (χ2v) is 8.50. The molecule has 0 saturated carbocycles. The first kappa shape index (κ1) is 22.9. The Morgan fingerprint density at radius 2 is 1.97 bits per heavy atom. The van der Waals surface area contributed by atoms with Crippen LogP contribution in [-0.4, -0.2) is 41.7 Å². The van der Waals surface area contributed by atoms with Gasteiger partial charge in [-0.3, -0.25) is 9.69 Å². The molecule has 0 spiro atoms. The van der Waals surface area contributed by atoms with Crippen LogP contribution >= 0.6 is 11.8 Å². The Balaban J connectivity index is 1.84. The summed E-state index contributed by atoms with van der Waals surface area (Å²) in [5.41, 5.74) is 3.05. The quantitative estimate of drug-likeness (QED) is 0.406. The van der Waals surface area contributed by atoms with Crippen molar-refractivity contribution in [3.05, 3.63) is 59.2 Å². The smallest absolute Gasteiger partial charge is 0.242 e. The average Bonchev–Trinajstić information content (AvgIpc) is 3.08. The number of aryl methyl sites for hydroxylation is 1. The molecule has 1 aliphatic heterocycles. The maximum absolute atomic E-state index is 13.1. The molecule has 0 radical (unpaired) electrons. The van der Waals surface area contributed by atoms with Gasteiger partial charge >= 0.3 is 0 Å². The van der Waals surface area contributed by atoms with Gasteiger partial charge in [0.05, 0.1) is 32.2 Å². The Morgan fingerprint density at radius 3 is 2.68 bits per heavy atom. The molecular formula is C24H29N3O3S. The van der Waals surface area contributed by atoms with E-state index in [1.165, 1.54) is 11.8 Å². The molecule has 0 N–H and O–H groups in total. The molecule has 0 aliphatic carbocycles. The van der Waals surface area contributed by atoms with Crippen LogP contribution in [-0.2, 0) is 11.3 Å². The van der Waals surface area contributed by atoms with Gasteiger partial charge in [0.1, 0.15) is 11.5 Å². The summed E-state index contributed by atoms with van der Waals surface area (Å²) in [7, 11) is 3.21. The molecule has 6 nitrogen and oxygen atoms in total. The summed E-state index contributed by atoms with van der Waals surface area (Å²) >= 11 is 1.50. The number of rotatable bonds is 9. The van der Waals surface area contributed by atoms with Crippen LogP contribution in [0, 0.1) is 6.92 Å². The lowest BCUT2D eigenvalue weighted by Crippen LogP contribution is -2.31. The van der Waals surface area contributed by atoms with Gasteiger partial charge in [0.25, 0.3) is 0 Å². The summed E-state index contributed by atoms with van der Waals surface area (Å²) in [5.74, 6) is 1.47. The highest BCUT2D eigenvalue weighted by molar-refractivity contribution is 8.15. The summed E-state index contributed by atoms with van der Waals surface area (Å²) in [6, 6.07) is 13.6. The molecule has 0 aromatic heterocycles. The molecule has 0 unspecified atom stereocenters. The van der Waals surface area contributed by atoms with Gasteiger partial charge in [-0.15, -0.1) is 5.10 Å². The maximum atomic E-state index is 13.1. The number of carbonyl (C=O) groups excluding carboxylic acids is 1. The number of nitrogens with zero attached hydrogens (tertiary/aromatic N) is 3. The monoisotopic (exact) mass is 439 g/mol. The molecule has 1 atom stereocenters. The van der Waals surface area contributed by atoms with E-state index in [1.807, 2.05) is 24.3 Å². The SMILES string of the molecule is CCCC[C@H]1S/C(=N/N=C\c2ccc(OC)cc2OC)N(Cc2ccccc2C)C1=O. The Hall–Kier alpha value is -2.80. The summed E-state index contributed by atoms with van der Waals surface area (Å²) in [6.45, 7) is 4.70. The van der Waals surface area contributed by atoms with Crippen molar-refractivity contribution in [1.82, 2.24) is 4.90 Å². The minimum atomic E-state index is -0.103. The van der Waals surface area contributed by atoms with Gasteiger partial charge in [0.15, 0.2) is 5.17 Å². The zero-order valence-corrected chi connectivity index (χ0v) is 19.3. The van der Waals surface area contributed by atoms with Crippen molar-refractivity contribution in [3.63, 3.8) is 0 Å². The van der Waals surface area contributed by atoms with Crippen LogP contribution in [0.1, 0.15) is 42.9 Å². The van der Waals surface area contributed by atoms with Gasteiger partial charge < -0.3 is 9.47 Å². The minimum Gasteiger partial charge on any atom is -0.497 e. The van der Waals surface area contributed by atoms with E-state index in [4.69, 9.17) is 9.47 Å². The van der Waals surface area contributed by atoms with E-state index in [0.717, 1.165) is 36.0 Å². The second kappa shape index (κ2) is 11.0. The Morgan fingerprint density at radius 1 is 1.16 bits per heavy atom. The highest BCUT2D eigenvalue weighted by atomic mass is 32.2. The van der Waals surface area contributed by atoms with Crippen LogP contribution in [0.4, 0.5) is 0 Å². The van der Waals surface area contributed by atoms with Crippen LogP contribution in [0.25, 0.3) is 0 Å². The van der Waals surface area contributed by atoms with Crippen LogP contribution in [0.3, 0.4) is 0 Å². The third kappa shape index (κ3) is 5.67. The topological polar surface area (TPSA) is 63.5 Å². The zero-order chi connectivity index (χ0) is 22.2. The van der Waals surface area contributed by atoms with Crippen molar-refractivity contribution in [1.29, 1.82) is 0 Å². The molecule has 2 aromatic carbocycles. The number of methoxy groups -OCH3 is 2. The van der Waals surface area contributed by atoms with E-state index in [1.54, 1.807) is 31.4 Å². The Kier molecular flexibility index (Phi) is 8.12. The fourth-order valence-corrected chi connectivity index (χ4v) is 4.47. The fraction of sp³-hybridized carbons (Fsp3) is 0.375. The minimum absolute atomic E-state index is 0.103. The molecule has 7 heteroatoms. The highest BCUT2D eigenvalue weighted by Crippen LogP contribution is 2.32. The van der Waals surface area contributed by atoms with E-state index in [0.29, 0.717) is 23.2 Å². The van der Waals surface area contributed by atoms with E-state index in [-0.39, 0.29) is 11.2 Å². The van der Waals surface area contributed by atoms with Crippen LogP contribution in [0.2, 0.25) is 0 Å². The first-order valence-corrected chi connectivity index (χ1v) is 11.3. The molecule has 1 heterocycles. The summed E-state index contributed by atoms with van der Waals surface area (Å²) in [6.07, 6.45) is 4.56. The Bertz CT molecular complexity index is 974. The predicted molar refractivity (Wildman–Crippen MR) is 127 cm³/mol. The third-order valence-corrected chi connectivity index (χ3v) is 6.45. The maximum Gasteiger partial charge on any atom is 0.242 e. The van der Waals surface area contributed by atoms with Gasteiger partial charge in [0.2, 0.25) is 5.91 Å². The number of benzene rings is 2. The van der Waals surface area contributed by atoms with Gasteiger partial charge in [0, 0.05) is 11.6 Å². The molecule has 0 bridgehead atoms. The molecule has 164 valence electrons. The molecule has 2 aromatic rings. The molecule has 3 rings (SSSR count). The normalized spacial score (nSPS) is 17.7. The number of hydrogen-bond acceptors (Lipinski definition) is 6. The van der Waals surface area contributed by atoms with Gasteiger partial charge in [-0.1, -0.05) is 55.8 Å². The summed E-state index contributed by atoms with van der Waals surface area (Å²) < 4.78 is 10.6. The van der Waals surface area contributed by atoms with E-state index in [9.17, 15) is 4.79 Å². The van der Waals surface area contributed by atoms with Crippen LogP contribution < -0.4 is 9.47 Å². The van der Waals surface area contributed by atoms with E-state index >= 15 is 0 Å². The van der Waals surface area contributed by atoms with Gasteiger partial charge in [-0.2, -0.15) is 5.10 Å². The van der Waals surface area contributed by atoms with E-state index < -0.39 is 0 Å². The molecule has 1 saturated heterocycles. The van der Waals surface area contributed by atoms with Crippen molar-refractivity contribution in [2.24, 2.45) is 10.2 Å². The van der Waals surface area contributed by atoms with Crippen molar-refractivity contribution >= 4 is 29.1 Å². The lowest BCUT2D eigenvalue weighted by molar-refractivity contribution is -0.126. The lowest BCUT2D eigenvalue weighted by atomic mass is 10.1. The molecular weight excluding hydrogens is 410 g/mol. The zero-order valence-electron chi connectivity index (χ0n) is 18.5. The van der Waals surface area contributed by atoms with Gasteiger partial charge in [-0.05, 0) is 36.6 Å². The van der Waals surface area contributed by atoms with Gasteiger partial charge in [-0.25, -0.2) is 0 Å².